The lowest BCUT2D eigenvalue weighted by atomic mass is 10.1. The highest BCUT2D eigenvalue weighted by Gasteiger charge is 2.12. The largest absolute Gasteiger partial charge is 0.497 e. The third kappa shape index (κ3) is 3.03. The average Bonchev–Trinajstić information content (AvgIpc) is 3.07. The fourth-order valence-corrected chi connectivity index (χ4v) is 3.38. The van der Waals surface area contributed by atoms with Gasteiger partial charge in [-0.15, -0.1) is 0 Å². The van der Waals surface area contributed by atoms with Crippen molar-refractivity contribution in [2.75, 3.05) is 7.11 Å². The Morgan fingerprint density at radius 3 is 2.54 bits per heavy atom. The highest BCUT2D eigenvalue weighted by Crippen LogP contribution is 2.26. The lowest BCUT2D eigenvalue weighted by Gasteiger charge is -2.10. The second-order valence-corrected chi connectivity index (χ2v) is 6.55. The van der Waals surface area contributed by atoms with E-state index in [0.717, 1.165) is 40.2 Å². The normalized spacial score (nSPS) is 11.3. The quantitative estimate of drug-likeness (QED) is 0.446. The first kappa shape index (κ1) is 16.6. The maximum absolute atomic E-state index is 5.27. The molecule has 0 unspecified atom stereocenters. The molecule has 0 aliphatic carbocycles. The molecular formula is C22H23N3O. The van der Waals surface area contributed by atoms with Crippen molar-refractivity contribution < 1.29 is 4.74 Å². The molecule has 4 rings (SSSR count). The number of unbranched alkanes of at least 4 members (excludes halogenated alkanes) is 2. The van der Waals surface area contributed by atoms with Crippen LogP contribution >= 0.6 is 0 Å². The molecule has 4 nitrogen and oxygen atoms in total. The molecule has 2 aromatic heterocycles. The van der Waals surface area contributed by atoms with E-state index in [9.17, 15) is 0 Å². The van der Waals surface area contributed by atoms with Crippen LogP contribution in [0.25, 0.3) is 28.1 Å². The van der Waals surface area contributed by atoms with Gasteiger partial charge in [-0.25, -0.2) is 9.97 Å². The minimum atomic E-state index is 0.769. The van der Waals surface area contributed by atoms with Gasteiger partial charge in [-0.2, -0.15) is 0 Å². The monoisotopic (exact) mass is 345 g/mol. The number of benzene rings is 2. The molecular weight excluding hydrogens is 322 g/mol. The van der Waals surface area contributed by atoms with Crippen LogP contribution in [0.4, 0.5) is 0 Å². The molecule has 4 heteroatoms. The van der Waals surface area contributed by atoms with Crippen molar-refractivity contribution in [2.45, 2.75) is 32.6 Å². The minimum absolute atomic E-state index is 0.769. The molecule has 0 N–H and O–H groups in total. The van der Waals surface area contributed by atoms with E-state index in [-0.39, 0.29) is 0 Å². The molecule has 0 fully saturated rings. The molecule has 0 aliphatic rings. The molecule has 26 heavy (non-hydrogen) atoms. The van der Waals surface area contributed by atoms with E-state index >= 15 is 0 Å². The van der Waals surface area contributed by atoms with E-state index in [1.165, 1.54) is 25.0 Å². The van der Waals surface area contributed by atoms with Gasteiger partial charge in [0.1, 0.15) is 5.75 Å². The molecule has 0 spiro atoms. The SMILES string of the molecule is CCCCCc1cc(-c2ccc(OC)cc2)nc2nc3ccccc3n12. The summed E-state index contributed by atoms with van der Waals surface area (Å²) >= 11 is 0. The number of hydrogen-bond donors (Lipinski definition) is 0. The van der Waals surface area contributed by atoms with Crippen LogP contribution in [-0.4, -0.2) is 21.5 Å². The molecule has 132 valence electrons. The summed E-state index contributed by atoms with van der Waals surface area (Å²) in [5.74, 6) is 1.62. The zero-order valence-corrected chi connectivity index (χ0v) is 15.3. The van der Waals surface area contributed by atoms with Crippen LogP contribution < -0.4 is 4.74 Å². The fourth-order valence-electron chi connectivity index (χ4n) is 3.38. The number of aryl methyl sites for hydroxylation is 1. The topological polar surface area (TPSA) is 39.4 Å². The number of para-hydroxylation sites is 2. The molecule has 0 radical (unpaired) electrons. The predicted molar refractivity (Wildman–Crippen MR) is 106 cm³/mol. The Morgan fingerprint density at radius 1 is 0.962 bits per heavy atom. The van der Waals surface area contributed by atoms with Gasteiger partial charge >= 0.3 is 0 Å². The van der Waals surface area contributed by atoms with Crippen molar-refractivity contribution in [1.29, 1.82) is 0 Å². The standard InChI is InChI=1S/C22H23N3O/c1-3-4-5-8-17-15-20(16-11-13-18(26-2)14-12-16)24-22-23-19-9-6-7-10-21(19)25(17)22/h6-7,9-15H,3-5,8H2,1-2H3. The van der Waals surface area contributed by atoms with Crippen LogP contribution in [0.3, 0.4) is 0 Å². The number of imidazole rings is 1. The highest BCUT2D eigenvalue weighted by molar-refractivity contribution is 5.80. The molecule has 0 aliphatic heterocycles. The van der Waals surface area contributed by atoms with E-state index in [4.69, 9.17) is 14.7 Å². The highest BCUT2D eigenvalue weighted by atomic mass is 16.5. The van der Waals surface area contributed by atoms with Gasteiger partial charge in [0.15, 0.2) is 0 Å². The summed E-state index contributed by atoms with van der Waals surface area (Å²) in [4.78, 5) is 9.59. The summed E-state index contributed by atoms with van der Waals surface area (Å²) in [6.45, 7) is 2.23. The number of rotatable bonds is 6. The Kier molecular flexibility index (Phi) is 4.57. The van der Waals surface area contributed by atoms with Crippen molar-refractivity contribution in [3.05, 3.63) is 60.3 Å². The van der Waals surface area contributed by atoms with Gasteiger partial charge in [0.25, 0.3) is 0 Å². The van der Waals surface area contributed by atoms with Gasteiger partial charge in [0.2, 0.25) is 5.78 Å². The van der Waals surface area contributed by atoms with E-state index in [0.29, 0.717) is 0 Å². The summed E-state index contributed by atoms with van der Waals surface area (Å²) in [7, 11) is 1.68. The Balaban J connectivity index is 1.87. The first-order valence-electron chi connectivity index (χ1n) is 9.21. The minimum Gasteiger partial charge on any atom is -0.497 e. The Bertz CT molecular complexity index is 1030. The number of methoxy groups -OCH3 is 1. The molecule has 0 bridgehead atoms. The van der Waals surface area contributed by atoms with Crippen LogP contribution in [0, 0.1) is 0 Å². The van der Waals surface area contributed by atoms with Gasteiger partial charge in [0, 0.05) is 11.3 Å². The molecule has 4 aromatic rings. The third-order valence-electron chi connectivity index (χ3n) is 4.78. The maximum atomic E-state index is 5.27. The second-order valence-electron chi connectivity index (χ2n) is 6.55. The molecule has 2 aromatic carbocycles. The number of nitrogens with zero attached hydrogens (tertiary/aromatic N) is 3. The number of aromatic nitrogens is 3. The van der Waals surface area contributed by atoms with Crippen LogP contribution in [0.5, 0.6) is 5.75 Å². The first-order chi connectivity index (χ1) is 12.8. The summed E-state index contributed by atoms with van der Waals surface area (Å²) in [5.41, 5.74) is 5.42. The predicted octanol–water partition coefficient (Wildman–Crippen LogP) is 5.29. The number of ether oxygens (including phenoxy) is 1. The van der Waals surface area contributed by atoms with E-state index < -0.39 is 0 Å². The van der Waals surface area contributed by atoms with Crippen molar-refractivity contribution in [2.24, 2.45) is 0 Å². The van der Waals surface area contributed by atoms with Crippen molar-refractivity contribution >= 4 is 16.8 Å². The summed E-state index contributed by atoms with van der Waals surface area (Å²) < 4.78 is 7.47. The van der Waals surface area contributed by atoms with E-state index in [1.807, 2.05) is 24.3 Å². The average molecular weight is 345 g/mol. The Morgan fingerprint density at radius 2 is 1.77 bits per heavy atom. The van der Waals surface area contributed by atoms with Gasteiger partial charge in [-0.1, -0.05) is 31.9 Å². The van der Waals surface area contributed by atoms with Crippen LogP contribution in [0.2, 0.25) is 0 Å². The number of fused-ring (bicyclic) bond motifs is 3. The van der Waals surface area contributed by atoms with Crippen LogP contribution in [0.15, 0.2) is 54.6 Å². The molecule has 2 heterocycles. The van der Waals surface area contributed by atoms with Crippen LogP contribution in [-0.2, 0) is 6.42 Å². The molecule has 0 saturated carbocycles. The van der Waals surface area contributed by atoms with Gasteiger partial charge < -0.3 is 4.74 Å². The van der Waals surface area contributed by atoms with Crippen molar-refractivity contribution in [3.63, 3.8) is 0 Å². The van der Waals surface area contributed by atoms with Crippen molar-refractivity contribution in [1.82, 2.24) is 14.4 Å². The Hall–Kier alpha value is -2.88. The zero-order chi connectivity index (χ0) is 17.9. The van der Waals surface area contributed by atoms with E-state index in [2.05, 4.69) is 41.7 Å². The smallest absolute Gasteiger partial charge is 0.235 e. The second kappa shape index (κ2) is 7.16. The van der Waals surface area contributed by atoms with Crippen LogP contribution in [0.1, 0.15) is 31.9 Å². The third-order valence-corrected chi connectivity index (χ3v) is 4.78. The first-order valence-corrected chi connectivity index (χ1v) is 9.21. The molecule has 0 atom stereocenters. The lowest BCUT2D eigenvalue weighted by Crippen LogP contribution is -2.01. The van der Waals surface area contributed by atoms with Gasteiger partial charge in [-0.05, 0) is 55.3 Å². The molecule has 0 amide bonds. The zero-order valence-electron chi connectivity index (χ0n) is 15.3. The fraction of sp³-hybridized carbons (Fsp3) is 0.273. The van der Waals surface area contributed by atoms with Gasteiger partial charge in [0.05, 0.1) is 23.8 Å². The lowest BCUT2D eigenvalue weighted by molar-refractivity contribution is 0.415. The van der Waals surface area contributed by atoms with Crippen molar-refractivity contribution in [3.8, 4) is 17.0 Å². The molecule has 0 saturated heterocycles. The summed E-state index contributed by atoms with van der Waals surface area (Å²) in [5, 5.41) is 0. The van der Waals surface area contributed by atoms with E-state index in [1.54, 1.807) is 7.11 Å². The summed E-state index contributed by atoms with van der Waals surface area (Å²) in [6.07, 6.45) is 4.64. The van der Waals surface area contributed by atoms with Gasteiger partial charge in [-0.3, -0.25) is 4.40 Å². The summed E-state index contributed by atoms with van der Waals surface area (Å²) in [6, 6.07) is 18.5. The number of hydrogen-bond acceptors (Lipinski definition) is 3. The maximum Gasteiger partial charge on any atom is 0.235 e. The Labute approximate surface area is 153 Å².